The van der Waals surface area contributed by atoms with Crippen LogP contribution in [0.5, 0.6) is 5.75 Å². The average molecular weight is 511 g/mol. The molecule has 1 rings (SSSR count). The molecule has 35 heavy (non-hydrogen) atoms. The van der Waals surface area contributed by atoms with Crippen LogP contribution in [0.3, 0.4) is 0 Å². The van der Waals surface area contributed by atoms with Crippen LogP contribution < -0.4 is 4.74 Å². The molecule has 0 aliphatic heterocycles. The van der Waals surface area contributed by atoms with Crippen molar-refractivity contribution in [2.45, 2.75) is 96.9 Å². The van der Waals surface area contributed by atoms with E-state index >= 15 is 0 Å². The predicted molar refractivity (Wildman–Crippen MR) is 145 cm³/mol. The standard InChI is InChI=1S/C28H50O6Si/c1-9-10-11-12-26(33-18-23-13-15-24(32-5)16-14-23)25(17-22(2)19-35(6,7)8)27(30)28(3,20-29)34-21-31-4/h13-16,19,25-27,29-30H,9-12,17-18,20-21H2,1-8H3/b22-19+/t25-,26+,27+,28+/m1/s1. The third-order valence-corrected chi connectivity index (χ3v) is 7.64. The van der Waals surface area contributed by atoms with Gasteiger partial charge in [-0.1, -0.05) is 69.2 Å². The maximum absolute atomic E-state index is 11.6. The van der Waals surface area contributed by atoms with Crippen LogP contribution in [0.2, 0.25) is 19.6 Å². The monoisotopic (exact) mass is 510 g/mol. The number of unbranched alkanes of at least 4 members (excludes halogenated alkanes) is 2. The lowest BCUT2D eigenvalue weighted by Gasteiger charge is -2.40. The molecule has 0 aliphatic carbocycles. The van der Waals surface area contributed by atoms with Crippen LogP contribution in [-0.4, -0.2) is 63.7 Å². The summed E-state index contributed by atoms with van der Waals surface area (Å²) in [4.78, 5) is 0. The average Bonchev–Trinajstić information content (AvgIpc) is 2.82. The van der Waals surface area contributed by atoms with E-state index in [0.717, 1.165) is 37.0 Å². The molecule has 0 heterocycles. The summed E-state index contributed by atoms with van der Waals surface area (Å²) in [5.74, 6) is 0.564. The van der Waals surface area contributed by atoms with Crippen molar-refractivity contribution in [2.24, 2.45) is 5.92 Å². The fourth-order valence-corrected chi connectivity index (χ4v) is 6.03. The smallest absolute Gasteiger partial charge is 0.147 e. The normalized spacial score (nSPS) is 17.0. The number of aliphatic hydroxyl groups excluding tert-OH is 2. The molecule has 0 spiro atoms. The fourth-order valence-electron chi connectivity index (χ4n) is 4.43. The minimum absolute atomic E-state index is 0.00221. The number of ether oxygens (including phenoxy) is 4. The molecule has 1 aromatic carbocycles. The van der Waals surface area contributed by atoms with E-state index in [1.54, 1.807) is 14.0 Å². The summed E-state index contributed by atoms with van der Waals surface area (Å²) in [6.45, 7) is 13.1. The highest BCUT2D eigenvalue weighted by molar-refractivity contribution is 6.81. The second-order valence-corrected chi connectivity index (χ2v) is 15.9. The van der Waals surface area contributed by atoms with Gasteiger partial charge in [-0.3, -0.25) is 0 Å². The topological polar surface area (TPSA) is 77.4 Å². The molecule has 0 radical (unpaired) electrons. The molecule has 0 saturated heterocycles. The van der Waals surface area contributed by atoms with Crippen LogP contribution >= 0.6 is 0 Å². The quantitative estimate of drug-likeness (QED) is 0.149. The zero-order chi connectivity index (χ0) is 26.5. The summed E-state index contributed by atoms with van der Waals surface area (Å²) in [6, 6.07) is 7.87. The fraction of sp³-hybridized carbons (Fsp3) is 0.714. The number of hydrogen-bond acceptors (Lipinski definition) is 6. The minimum atomic E-state index is -1.44. The van der Waals surface area contributed by atoms with E-state index in [9.17, 15) is 10.2 Å². The molecule has 4 atom stereocenters. The number of methoxy groups -OCH3 is 2. The Bertz CT molecular complexity index is 730. The van der Waals surface area contributed by atoms with Crippen LogP contribution in [0.25, 0.3) is 0 Å². The Labute approximate surface area is 214 Å². The van der Waals surface area contributed by atoms with E-state index in [0.29, 0.717) is 13.0 Å². The Morgan fingerprint density at radius 1 is 1.11 bits per heavy atom. The maximum atomic E-state index is 11.6. The zero-order valence-corrected chi connectivity index (χ0v) is 24.3. The third-order valence-electron chi connectivity index (χ3n) is 6.28. The molecule has 202 valence electrons. The molecular formula is C28H50O6Si. The van der Waals surface area contributed by atoms with E-state index in [1.165, 1.54) is 12.7 Å². The summed E-state index contributed by atoms with van der Waals surface area (Å²) in [7, 11) is 1.75. The number of rotatable bonds is 18. The Morgan fingerprint density at radius 2 is 1.77 bits per heavy atom. The Kier molecular flexibility index (Phi) is 14.4. The van der Waals surface area contributed by atoms with E-state index in [1.807, 2.05) is 24.3 Å². The summed E-state index contributed by atoms with van der Waals surface area (Å²) < 4.78 is 22.7. The van der Waals surface area contributed by atoms with Crippen molar-refractivity contribution in [1.29, 1.82) is 0 Å². The lowest BCUT2D eigenvalue weighted by molar-refractivity contribution is -0.207. The van der Waals surface area contributed by atoms with Crippen LogP contribution in [0, 0.1) is 5.92 Å². The lowest BCUT2D eigenvalue weighted by atomic mass is 9.80. The SMILES string of the molecule is CCCCC[C@H](OCc1ccc(OC)cc1)[C@@H](C/C(C)=C/[Si](C)(C)C)[C@H](O)[C@](C)(CO)OCOC. The summed E-state index contributed by atoms with van der Waals surface area (Å²) in [5, 5.41) is 21.8. The molecule has 0 aliphatic rings. The van der Waals surface area contributed by atoms with Crippen molar-refractivity contribution in [3.8, 4) is 5.75 Å². The first-order chi connectivity index (χ1) is 16.5. The Hall–Kier alpha value is -1.22. The van der Waals surface area contributed by atoms with E-state index in [-0.39, 0.29) is 25.4 Å². The Morgan fingerprint density at radius 3 is 2.29 bits per heavy atom. The van der Waals surface area contributed by atoms with Gasteiger partial charge >= 0.3 is 0 Å². The first kappa shape index (κ1) is 31.8. The molecule has 0 amide bonds. The van der Waals surface area contributed by atoms with Gasteiger partial charge in [-0.05, 0) is 44.4 Å². The first-order valence-corrected chi connectivity index (χ1v) is 16.4. The van der Waals surface area contributed by atoms with Crippen molar-refractivity contribution in [2.75, 3.05) is 27.6 Å². The maximum Gasteiger partial charge on any atom is 0.147 e. The molecule has 1 aromatic rings. The summed E-state index contributed by atoms with van der Waals surface area (Å²) in [6.07, 6.45) is 3.60. The molecule has 0 fully saturated rings. The van der Waals surface area contributed by atoms with Crippen molar-refractivity contribution in [3.63, 3.8) is 0 Å². The molecule has 0 saturated carbocycles. The second-order valence-electron chi connectivity index (χ2n) is 10.9. The van der Waals surface area contributed by atoms with Crippen LogP contribution in [0.15, 0.2) is 35.5 Å². The summed E-state index contributed by atoms with van der Waals surface area (Å²) in [5.41, 5.74) is 3.52. The number of allylic oxidation sites excluding steroid dienone is 1. The van der Waals surface area contributed by atoms with Gasteiger partial charge in [-0.15, -0.1) is 0 Å². The van der Waals surface area contributed by atoms with Crippen LogP contribution in [0.4, 0.5) is 0 Å². The van der Waals surface area contributed by atoms with Gasteiger partial charge < -0.3 is 29.2 Å². The largest absolute Gasteiger partial charge is 0.497 e. The van der Waals surface area contributed by atoms with Gasteiger partial charge in [0, 0.05) is 13.0 Å². The molecule has 0 bridgehead atoms. The molecular weight excluding hydrogens is 460 g/mol. The molecule has 2 N–H and O–H groups in total. The Balaban J connectivity index is 3.28. The van der Waals surface area contributed by atoms with Gasteiger partial charge in [0.25, 0.3) is 0 Å². The highest BCUT2D eigenvalue weighted by atomic mass is 28.3. The van der Waals surface area contributed by atoms with E-state index in [4.69, 9.17) is 18.9 Å². The van der Waals surface area contributed by atoms with Gasteiger partial charge in [0.2, 0.25) is 0 Å². The van der Waals surface area contributed by atoms with Crippen molar-refractivity contribution in [3.05, 3.63) is 41.1 Å². The van der Waals surface area contributed by atoms with Gasteiger partial charge in [-0.25, -0.2) is 0 Å². The third kappa shape index (κ3) is 11.6. The molecule has 7 heteroatoms. The number of aliphatic hydroxyl groups is 2. The van der Waals surface area contributed by atoms with E-state index in [2.05, 4.69) is 39.2 Å². The summed E-state index contributed by atoms with van der Waals surface area (Å²) >= 11 is 0. The highest BCUT2D eigenvalue weighted by Gasteiger charge is 2.42. The van der Waals surface area contributed by atoms with Crippen molar-refractivity contribution >= 4 is 8.07 Å². The van der Waals surface area contributed by atoms with Gasteiger partial charge in [0.15, 0.2) is 0 Å². The van der Waals surface area contributed by atoms with Gasteiger partial charge in [-0.2, -0.15) is 0 Å². The second kappa shape index (κ2) is 15.8. The predicted octanol–water partition coefficient (Wildman–Crippen LogP) is 5.72. The lowest BCUT2D eigenvalue weighted by Crippen LogP contribution is -2.52. The minimum Gasteiger partial charge on any atom is -0.497 e. The van der Waals surface area contributed by atoms with Crippen molar-refractivity contribution in [1.82, 2.24) is 0 Å². The number of hydrogen-bond donors (Lipinski definition) is 2. The van der Waals surface area contributed by atoms with Gasteiger partial charge in [0.05, 0.1) is 40.6 Å². The molecule has 6 nitrogen and oxygen atoms in total. The molecule has 0 aromatic heterocycles. The molecule has 0 unspecified atom stereocenters. The van der Waals surface area contributed by atoms with Gasteiger partial charge in [0.1, 0.15) is 18.1 Å². The van der Waals surface area contributed by atoms with Crippen LogP contribution in [0.1, 0.15) is 58.4 Å². The van der Waals surface area contributed by atoms with Crippen LogP contribution in [-0.2, 0) is 20.8 Å². The van der Waals surface area contributed by atoms with Crippen molar-refractivity contribution < 1.29 is 29.2 Å². The number of benzene rings is 1. The first-order valence-electron chi connectivity index (χ1n) is 12.8. The zero-order valence-electron chi connectivity index (χ0n) is 23.3. The van der Waals surface area contributed by atoms with E-state index < -0.39 is 19.8 Å². The highest BCUT2D eigenvalue weighted by Crippen LogP contribution is 2.33.